The molecule has 4 N–H and O–H groups in total. The monoisotopic (exact) mass is 257 g/mol. The van der Waals surface area contributed by atoms with Gasteiger partial charge in [-0.05, 0) is 6.92 Å². The first kappa shape index (κ1) is 16.1. The van der Waals surface area contributed by atoms with Crippen LogP contribution >= 0.6 is 0 Å². The second-order valence-electron chi connectivity index (χ2n) is 4.29. The first-order valence-corrected chi connectivity index (χ1v) is 5.61. The van der Waals surface area contributed by atoms with Gasteiger partial charge in [0.25, 0.3) is 0 Å². The maximum Gasteiger partial charge on any atom is 0.242 e. The van der Waals surface area contributed by atoms with Crippen LogP contribution in [0.25, 0.3) is 0 Å². The summed E-state index contributed by atoms with van der Waals surface area (Å²) in [6, 6.07) is -1.73. The summed E-state index contributed by atoms with van der Waals surface area (Å²) in [6.07, 6.45) is 0.133. The fourth-order valence-corrected chi connectivity index (χ4v) is 1.30. The van der Waals surface area contributed by atoms with Gasteiger partial charge in [0, 0.05) is 5.92 Å². The molecule has 0 heterocycles. The maximum atomic E-state index is 11.8. The van der Waals surface area contributed by atoms with Crippen molar-refractivity contribution in [2.75, 3.05) is 0 Å². The fraction of sp³-hybridized carbons (Fsp3) is 0.636. The Morgan fingerprint density at radius 3 is 2.17 bits per heavy atom. The molecule has 0 aromatic carbocycles. The molecule has 0 aliphatic heterocycles. The standard InChI is InChI=1S/C11H19N3O4/c1-6(2)10(17)8(4-9(12)16)14-11(18)7(3)13-5-15/h5-8H,4H2,1-3H3,(H2,12,16)(H,13,15)(H,14,18). The Labute approximate surface area is 105 Å². The molecule has 0 fully saturated rings. The van der Waals surface area contributed by atoms with Gasteiger partial charge >= 0.3 is 0 Å². The van der Waals surface area contributed by atoms with E-state index in [-0.39, 0.29) is 18.1 Å². The maximum absolute atomic E-state index is 11.8. The fourth-order valence-electron chi connectivity index (χ4n) is 1.30. The molecule has 2 atom stereocenters. The molecular formula is C11H19N3O4. The van der Waals surface area contributed by atoms with E-state index in [4.69, 9.17) is 5.73 Å². The molecule has 0 aliphatic rings. The van der Waals surface area contributed by atoms with Gasteiger partial charge in [-0.15, -0.1) is 0 Å². The molecule has 0 bridgehead atoms. The van der Waals surface area contributed by atoms with Gasteiger partial charge in [-0.3, -0.25) is 19.2 Å². The quantitative estimate of drug-likeness (QED) is 0.468. The van der Waals surface area contributed by atoms with Gasteiger partial charge in [0.15, 0.2) is 5.78 Å². The van der Waals surface area contributed by atoms with E-state index >= 15 is 0 Å². The summed E-state index contributed by atoms with van der Waals surface area (Å²) in [4.78, 5) is 44.5. The summed E-state index contributed by atoms with van der Waals surface area (Å²) < 4.78 is 0. The summed E-state index contributed by atoms with van der Waals surface area (Å²) >= 11 is 0. The second kappa shape index (κ2) is 7.41. The van der Waals surface area contributed by atoms with Crippen molar-refractivity contribution in [1.29, 1.82) is 0 Å². The predicted molar refractivity (Wildman–Crippen MR) is 64.2 cm³/mol. The van der Waals surface area contributed by atoms with Gasteiger partial charge in [-0.1, -0.05) is 13.8 Å². The Bertz CT molecular complexity index is 341. The number of carbonyl (C=O) groups is 4. The SMILES string of the molecule is CC(C)C(=O)C(CC(N)=O)NC(=O)C(C)NC=O. The molecule has 3 amide bonds. The van der Waals surface area contributed by atoms with Crippen LogP contribution in [0.5, 0.6) is 0 Å². The van der Waals surface area contributed by atoms with Crippen LogP contribution in [0.15, 0.2) is 0 Å². The van der Waals surface area contributed by atoms with Gasteiger partial charge in [0.2, 0.25) is 18.2 Å². The molecule has 2 unspecified atom stereocenters. The Morgan fingerprint density at radius 1 is 1.22 bits per heavy atom. The van der Waals surface area contributed by atoms with Gasteiger partial charge in [-0.2, -0.15) is 0 Å². The highest BCUT2D eigenvalue weighted by Crippen LogP contribution is 2.04. The van der Waals surface area contributed by atoms with Crippen molar-refractivity contribution in [2.24, 2.45) is 11.7 Å². The lowest BCUT2D eigenvalue weighted by Gasteiger charge is -2.20. The van der Waals surface area contributed by atoms with Crippen molar-refractivity contribution in [3.8, 4) is 0 Å². The molecule has 0 aromatic rings. The topological polar surface area (TPSA) is 118 Å². The third-order valence-corrected chi connectivity index (χ3v) is 2.35. The predicted octanol–water partition coefficient (Wildman–Crippen LogP) is -1.29. The summed E-state index contributed by atoms with van der Waals surface area (Å²) in [5.41, 5.74) is 5.03. The van der Waals surface area contributed by atoms with Crippen molar-refractivity contribution in [3.63, 3.8) is 0 Å². The average molecular weight is 257 g/mol. The van der Waals surface area contributed by atoms with Gasteiger partial charge < -0.3 is 16.4 Å². The van der Waals surface area contributed by atoms with E-state index in [1.165, 1.54) is 6.92 Å². The number of ketones is 1. The Balaban J connectivity index is 4.68. The molecule has 0 aliphatic carbocycles. The third-order valence-electron chi connectivity index (χ3n) is 2.35. The Hall–Kier alpha value is -1.92. The van der Waals surface area contributed by atoms with E-state index in [2.05, 4.69) is 10.6 Å². The minimum atomic E-state index is -0.953. The Morgan fingerprint density at radius 2 is 1.78 bits per heavy atom. The summed E-state index contributed by atoms with van der Waals surface area (Å²) in [6.45, 7) is 4.79. The number of primary amides is 1. The Kier molecular flexibility index (Phi) is 6.62. The highest BCUT2D eigenvalue weighted by molar-refractivity contribution is 5.95. The minimum Gasteiger partial charge on any atom is -0.370 e. The molecule has 0 saturated carbocycles. The highest BCUT2D eigenvalue weighted by atomic mass is 16.2. The largest absolute Gasteiger partial charge is 0.370 e. The number of hydrogen-bond donors (Lipinski definition) is 3. The number of rotatable bonds is 8. The van der Waals surface area contributed by atoms with E-state index in [0.717, 1.165) is 0 Å². The number of nitrogens with two attached hydrogens (primary N) is 1. The molecule has 102 valence electrons. The van der Waals surface area contributed by atoms with E-state index < -0.39 is 23.9 Å². The van der Waals surface area contributed by atoms with Crippen LogP contribution in [0, 0.1) is 5.92 Å². The van der Waals surface area contributed by atoms with Gasteiger partial charge in [0.05, 0.1) is 12.5 Å². The van der Waals surface area contributed by atoms with E-state index in [9.17, 15) is 19.2 Å². The highest BCUT2D eigenvalue weighted by Gasteiger charge is 2.26. The van der Waals surface area contributed by atoms with Crippen LogP contribution in [0.1, 0.15) is 27.2 Å². The van der Waals surface area contributed by atoms with Crippen LogP contribution < -0.4 is 16.4 Å². The lowest BCUT2D eigenvalue weighted by atomic mass is 9.98. The number of nitrogens with one attached hydrogen (secondary N) is 2. The van der Waals surface area contributed by atoms with Crippen molar-refractivity contribution in [2.45, 2.75) is 39.3 Å². The molecule has 18 heavy (non-hydrogen) atoms. The van der Waals surface area contributed by atoms with E-state index in [1.54, 1.807) is 13.8 Å². The van der Waals surface area contributed by atoms with Crippen LogP contribution in [0.4, 0.5) is 0 Å². The van der Waals surface area contributed by atoms with Crippen LogP contribution in [0.3, 0.4) is 0 Å². The molecule has 0 saturated heterocycles. The number of amides is 3. The first-order chi connectivity index (χ1) is 8.29. The summed E-state index contributed by atoms with van der Waals surface area (Å²) in [7, 11) is 0. The normalized spacial score (nSPS) is 13.6. The zero-order valence-electron chi connectivity index (χ0n) is 10.7. The lowest BCUT2D eigenvalue weighted by Crippen LogP contribution is -2.50. The van der Waals surface area contributed by atoms with E-state index in [1.807, 2.05) is 0 Å². The summed E-state index contributed by atoms with van der Waals surface area (Å²) in [5, 5.41) is 4.66. The van der Waals surface area contributed by atoms with E-state index in [0.29, 0.717) is 6.41 Å². The van der Waals surface area contributed by atoms with Crippen LogP contribution in [-0.2, 0) is 19.2 Å². The smallest absolute Gasteiger partial charge is 0.242 e. The number of hydrogen-bond acceptors (Lipinski definition) is 4. The van der Waals surface area contributed by atoms with Crippen LogP contribution in [0.2, 0.25) is 0 Å². The average Bonchev–Trinajstić information content (AvgIpc) is 2.26. The number of carbonyl (C=O) groups excluding carboxylic acids is 4. The first-order valence-electron chi connectivity index (χ1n) is 5.61. The molecular weight excluding hydrogens is 238 g/mol. The minimum absolute atomic E-state index is 0.253. The summed E-state index contributed by atoms with van der Waals surface area (Å²) in [5.74, 6) is -1.82. The van der Waals surface area contributed by atoms with Crippen LogP contribution in [-0.4, -0.2) is 36.1 Å². The molecule has 0 radical (unpaired) electrons. The van der Waals surface area contributed by atoms with Crippen molar-refractivity contribution >= 4 is 24.0 Å². The zero-order valence-corrected chi connectivity index (χ0v) is 10.7. The zero-order chi connectivity index (χ0) is 14.3. The molecule has 7 heteroatoms. The molecule has 7 nitrogen and oxygen atoms in total. The third kappa shape index (κ3) is 5.42. The van der Waals surface area contributed by atoms with Gasteiger partial charge in [0.1, 0.15) is 6.04 Å². The molecule has 0 aromatic heterocycles. The van der Waals surface area contributed by atoms with Crippen molar-refractivity contribution in [1.82, 2.24) is 10.6 Å². The molecule has 0 spiro atoms. The lowest BCUT2D eigenvalue weighted by molar-refractivity contribution is -0.132. The van der Waals surface area contributed by atoms with Gasteiger partial charge in [-0.25, -0.2) is 0 Å². The molecule has 0 rings (SSSR count). The second-order valence-corrected chi connectivity index (χ2v) is 4.29. The number of Topliss-reactive ketones (excluding diaryl/α,β-unsaturated/α-hetero) is 1. The van der Waals surface area contributed by atoms with Crippen molar-refractivity contribution < 1.29 is 19.2 Å². The van der Waals surface area contributed by atoms with Crippen molar-refractivity contribution in [3.05, 3.63) is 0 Å².